The van der Waals surface area contributed by atoms with E-state index in [1.807, 2.05) is 0 Å². The fourth-order valence-corrected chi connectivity index (χ4v) is 1.69. The van der Waals surface area contributed by atoms with Gasteiger partial charge in [-0.25, -0.2) is 10.4 Å². The Labute approximate surface area is 108 Å². The van der Waals surface area contributed by atoms with Crippen molar-refractivity contribution >= 4 is 23.6 Å². The maximum atomic E-state index is 11.8. The summed E-state index contributed by atoms with van der Waals surface area (Å²) in [5.74, 6) is -0.827. The van der Waals surface area contributed by atoms with Gasteiger partial charge in [-0.2, -0.15) is 0 Å². The molecule has 1 amide bonds. The van der Waals surface area contributed by atoms with Crippen molar-refractivity contribution in [2.75, 3.05) is 6.54 Å². The van der Waals surface area contributed by atoms with E-state index in [1.165, 1.54) is 18.2 Å². The number of nitrogens with zero attached hydrogens (tertiary/aromatic N) is 2. The standard InChI is InChI=1S/C11H11N5O3/c12-11(13)15-10(17)8(6-14-15)4-7-2-1-3-9(5-7)16(18)19/h1-5,14H,6H2,(H3,12,13)/b8-4+. The van der Waals surface area contributed by atoms with Crippen LogP contribution in [0.4, 0.5) is 5.69 Å². The molecule has 98 valence electrons. The lowest BCUT2D eigenvalue weighted by Gasteiger charge is -2.10. The summed E-state index contributed by atoms with van der Waals surface area (Å²) in [5, 5.41) is 18.8. The van der Waals surface area contributed by atoms with E-state index < -0.39 is 16.8 Å². The Balaban J connectivity index is 2.28. The summed E-state index contributed by atoms with van der Waals surface area (Å²) < 4.78 is 0. The van der Waals surface area contributed by atoms with E-state index in [4.69, 9.17) is 11.1 Å². The number of nitro groups is 1. The van der Waals surface area contributed by atoms with Crippen molar-refractivity contribution in [1.29, 1.82) is 5.41 Å². The monoisotopic (exact) mass is 261 g/mol. The molecule has 19 heavy (non-hydrogen) atoms. The van der Waals surface area contributed by atoms with Gasteiger partial charge in [0.1, 0.15) is 0 Å². The van der Waals surface area contributed by atoms with Gasteiger partial charge in [0.15, 0.2) is 0 Å². The Bertz CT molecular complexity index is 596. The Kier molecular flexibility index (Phi) is 3.25. The minimum absolute atomic E-state index is 0.0452. The van der Waals surface area contributed by atoms with Crippen molar-refractivity contribution in [2.24, 2.45) is 5.73 Å². The molecule has 1 aromatic rings. The molecule has 0 bridgehead atoms. The molecule has 0 radical (unpaired) electrons. The zero-order chi connectivity index (χ0) is 14.0. The van der Waals surface area contributed by atoms with E-state index in [9.17, 15) is 14.9 Å². The predicted molar refractivity (Wildman–Crippen MR) is 67.8 cm³/mol. The molecule has 0 spiro atoms. The summed E-state index contributed by atoms with van der Waals surface area (Å²) in [5.41, 5.74) is 8.75. The van der Waals surface area contributed by atoms with Crippen LogP contribution in [0.3, 0.4) is 0 Å². The lowest BCUT2D eigenvalue weighted by Crippen LogP contribution is -2.44. The molecular weight excluding hydrogens is 250 g/mol. The predicted octanol–water partition coefficient (Wildman–Crippen LogP) is 0.218. The van der Waals surface area contributed by atoms with Crippen LogP contribution in [-0.2, 0) is 4.79 Å². The van der Waals surface area contributed by atoms with Gasteiger partial charge in [-0.15, -0.1) is 0 Å². The lowest BCUT2D eigenvalue weighted by molar-refractivity contribution is -0.384. The molecule has 1 heterocycles. The van der Waals surface area contributed by atoms with Gasteiger partial charge < -0.3 is 5.73 Å². The van der Waals surface area contributed by atoms with Gasteiger partial charge >= 0.3 is 0 Å². The van der Waals surface area contributed by atoms with Gasteiger partial charge in [-0.05, 0) is 11.6 Å². The summed E-state index contributed by atoms with van der Waals surface area (Å²) in [6.45, 7) is 0.223. The first-order valence-corrected chi connectivity index (χ1v) is 5.36. The van der Waals surface area contributed by atoms with Gasteiger partial charge in [-0.1, -0.05) is 12.1 Å². The lowest BCUT2D eigenvalue weighted by atomic mass is 10.1. The molecule has 8 nitrogen and oxygen atoms in total. The highest BCUT2D eigenvalue weighted by molar-refractivity contribution is 6.08. The maximum Gasteiger partial charge on any atom is 0.272 e. The van der Waals surface area contributed by atoms with E-state index >= 15 is 0 Å². The second-order valence-corrected chi connectivity index (χ2v) is 3.88. The van der Waals surface area contributed by atoms with Crippen molar-refractivity contribution in [3.63, 3.8) is 0 Å². The minimum Gasteiger partial charge on any atom is -0.369 e. The normalized spacial score (nSPS) is 16.9. The number of amides is 1. The van der Waals surface area contributed by atoms with Crippen LogP contribution in [0.25, 0.3) is 6.08 Å². The van der Waals surface area contributed by atoms with Crippen LogP contribution in [0.1, 0.15) is 5.56 Å². The Morgan fingerprint density at radius 1 is 1.58 bits per heavy atom. The van der Waals surface area contributed by atoms with Gasteiger partial charge in [0.25, 0.3) is 11.6 Å². The highest BCUT2D eigenvalue weighted by atomic mass is 16.6. The Hall–Kier alpha value is -2.74. The summed E-state index contributed by atoms with van der Waals surface area (Å²) >= 11 is 0. The molecule has 2 rings (SSSR count). The van der Waals surface area contributed by atoms with Gasteiger partial charge in [0, 0.05) is 24.3 Å². The topological polar surface area (TPSA) is 125 Å². The average molecular weight is 261 g/mol. The molecule has 1 fully saturated rings. The number of hydrogen-bond donors (Lipinski definition) is 3. The van der Waals surface area contributed by atoms with E-state index in [2.05, 4.69) is 5.43 Å². The number of non-ortho nitro benzene ring substituents is 1. The number of carbonyl (C=O) groups is 1. The van der Waals surface area contributed by atoms with Crippen molar-refractivity contribution < 1.29 is 9.72 Å². The van der Waals surface area contributed by atoms with E-state index in [1.54, 1.807) is 12.1 Å². The molecule has 1 aromatic carbocycles. The number of hydrazine groups is 1. The number of nitrogens with one attached hydrogen (secondary N) is 2. The molecular formula is C11H11N5O3. The summed E-state index contributed by atoms with van der Waals surface area (Å²) in [7, 11) is 0. The third-order valence-electron chi connectivity index (χ3n) is 2.57. The molecule has 0 unspecified atom stereocenters. The minimum atomic E-state index is -0.501. The van der Waals surface area contributed by atoms with Crippen LogP contribution < -0.4 is 11.2 Å². The SMILES string of the molecule is N=C(N)N1NC/C(=C\c2cccc([N+](=O)[O-])c2)C1=O. The molecule has 0 saturated carbocycles. The van der Waals surface area contributed by atoms with Crippen molar-refractivity contribution in [3.8, 4) is 0 Å². The highest BCUT2D eigenvalue weighted by Gasteiger charge is 2.27. The third-order valence-corrected chi connectivity index (χ3v) is 2.57. The Morgan fingerprint density at radius 3 is 2.89 bits per heavy atom. The molecule has 1 saturated heterocycles. The number of nitro benzene ring substituents is 1. The van der Waals surface area contributed by atoms with Crippen LogP contribution in [-0.4, -0.2) is 28.3 Å². The molecule has 8 heteroatoms. The zero-order valence-electron chi connectivity index (χ0n) is 9.79. The number of hydrogen-bond acceptors (Lipinski definition) is 5. The first kappa shape index (κ1) is 12.7. The third kappa shape index (κ3) is 2.58. The zero-order valence-corrected chi connectivity index (χ0v) is 9.79. The molecule has 1 aliphatic rings. The summed E-state index contributed by atoms with van der Waals surface area (Å²) in [6.07, 6.45) is 1.53. The first-order valence-electron chi connectivity index (χ1n) is 5.36. The number of nitrogens with two attached hydrogens (primary N) is 1. The van der Waals surface area contributed by atoms with Gasteiger partial charge in [0.2, 0.25) is 5.96 Å². The molecule has 1 aliphatic heterocycles. The molecule has 0 atom stereocenters. The highest BCUT2D eigenvalue weighted by Crippen LogP contribution is 2.17. The number of guanidine groups is 1. The fourth-order valence-electron chi connectivity index (χ4n) is 1.69. The van der Waals surface area contributed by atoms with E-state index in [-0.39, 0.29) is 12.2 Å². The first-order chi connectivity index (χ1) is 8.99. The molecule has 0 aliphatic carbocycles. The second kappa shape index (κ2) is 4.86. The van der Waals surface area contributed by atoms with Crippen LogP contribution in [0.5, 0.6) is 0 Å². The second-order valence-electron chi connectivity index (χ2n) is 3.88. The maximum absolute atomic E-state index is 11.8. The van der Waals surface area contributed by atoms with Crippen LogP contribution >= 0.6 is 0 Å². The summed E-state index contributed by atoms with van der Waals surface area (Å²) in [4.78, 5) is 22.0. The van der Waals surface area contributed by atoms with Crippen molar-refractivity contribution in [2.45, 2.75) is 0 Å². The van der Waals surface area contributed by atoms with Crippen molar-refractivity contribution in [1.82, 2.24) is 10.4 Å². The van der Waals surface area contributed by atoms with Crippen molar-refractivity contribution in [3.05, 3.63) is 45.5 Å². The molecule has 0 aromatic heterocycles. The van der Waals surface area contributed by atoms with Crippen LogP contribution in [0.2, 0.25) is 0 Å². The number of benzene rings is 1. The smallest absolute Gasteiger partial charge is 0.272 e. The van der Waals surface area contributed by atoms with E-state index in [0.29, 0.717) is 11.1 Å². The van der Waals surface area contributed by atoms with Gasteiger partial charge in [0.05, 0.1) is 4.92 Å². The number of rotatable bonds is 2. The van der Waals surface area contributed by atoms with E-state index in [0.717, 1.165) is 5.01 Å². The largest absolute Gasteiger partial charge is 0.369 e. The quantitative estimate of drug-likeness (QED) is 0.231. The molecule has 4 N–H and O–H groups in total. The average Bonchev–Trinajstić information content (AvgIpc) is 2.71. The fraction of sp³-hybridized carbons (Fsp3) is 0.0909. The van der Waals surface area contributed by atoms with Gasteiger partial charge in [-0.3, -0.25) is 20.3 Å². The van der Waals surface area contributed by atoms with Crippen LogP contribution in [0, 0.1) is 15.5 Å². The van der Waals surface area contributed by atoms with Crippen LogP contribution in [0.15, 0.2) is 29.8 Å². The summed E-state index contributed by atoms with van der Waals surface area (Å²) in [6, 6.07) is 5.94. The Morgan fingerprint density at radius 2 is 2.32 bits per heavy atom. The number of carbonyl (C=O) groups excluding carboxylic acids is 1.